The molecule has 0 saturated carbocycles. The number of aryl methyl sites for hydroxylation is 2. The third-order valence-electron chi connectivity index (χ3n) is 3.10. The molecular weight excluding hydrogens is 188 g/mol. The van der Waals surface area contributed by atoms with Gasteiger partial charge in [0.1, 0.15) is 18.5 Å². The third-order valence-corrected chi connectivity index (χ3v) is 3.10. The van der Waals surface area contributed by atoms with Crippen molar-refractivity contribution in [2.24, 2.45) is 0 Å². The highest BCUT2D eigenvalue weighted by Gasteiger charge is 2.23. The van der Waals surface area contributed by atoms with E-state index in [1.54, 1.807) is 0 Å². The minimum atomic E-state index is 0.324. The molecule has 0 N–H and O–H groups in total. The highest BCUT2D eigenvalue weighted by atomic mass is 16.6. The summed E-state index contributed by atoms with van der Waals surface area (Å²) in [6.07, 6.45) is 0.324. The van der Waals surface area contributed by atoms with Gasteiger partial charge in [-0.1, -0.05) is 6.07 Å². The van der Waals surface area contributed by atoms with Crippen LogP contribution in [0.2, 0.25) is 0 Å². The number of hydrogen-bond acceptors (Lipinski definition) is 2. The van der Waals surface area contributed by atoms with Gasteiger partial charge in [0.2, 0.25) is 0 Å². The lowest BCUT2D eigenvalue weighted by molar-refractivity contribution is 0.260. The van der Waals surface area contributed by atoms with Crippen LogP contribution < -0.4 is 4.74 Å². The average Bonchev–Trinajstić information content (AvgIpc) is 2.98. The van der Waals surface area contributed by atoms with Crippen LogP contribution in [-0.2, 0) is 4.74 Å². The van der Waals surface area contributed by atoms with Gasteiger partial charge in [0, 0.05) is 0 Å². The number of epoxide rings is 1. The van der Waals surface area contributed by atoms with E-state index in [9.17, 15) is 0 Å². The topological polar surface area (TPSA) is 21.8 Å². The van der Waals surface area contributed by atoms with Crippen LogP contribution in [0.15, 0.2) is 6.07 Å². The first kappa shape index (κ1) is 10.5. The Morgan fingerprint density at radius 1 is 1.20 bits per heavy atom. The summed E-state index contributed by atoms with van der Waals surface area (Å²) in [6, 6.07) is 2.19. The van der Waals surface area contributed by atoms with Crippen molar-refractivity contribution in [2.45, 2.75) is 33.8 Å². The van der Waals surface area contributed by atoms with Crippen LogP contribution in [0.1, 0.15) is 22.3 Å². The van der Waals surface area contributed by atoms with Crippen LogP contribution in [0.3, 0.4) is 0 Å². The van der Waals surface area contributed by atoms with Gasteiger partial charge in [-0.15, -0.1) is 0 Å². The zero-order valence-electron chi connectivity index (χ0n) is 9.89. The number of ether oxygens (including phenoxy) is 2. The fourth-order valence-electron chi connectivity index (χ4n) is 1.82. The van der Waals surface area contributed by atoms with Crippen molar-refractivity contribution < 1.29 is 9.47 Å². The molecule has 1 aliphatic rings. The lowest BCUT2D eigenvalue weighted by atomic mass is 10.00. The molecule has 0 aliphatic carbocycles. The van der Waals surface area contributed by atoms with Gasteiger partial charge in [0.05, 0.1) is 6.61 Å². The zero-order valence-corrected chi connectivity index (χ0v) is 9.89. The molecule has 1 aliphatic heterocycles. The molecule has 2 heteroatoms. The summed E-state index contributed by atoms with van der Waals surface area (Å²) in [4.78, 5) is 0. The molecule has 0 spiro atoms. The fraction of sp³-hybridized carbons (Fsp3) is 0.538. The first-order chi connectivity index (χ1) is 7.09. The molecule has 15 heavy (non-hydrogen) atoms. The Morgan fingerprint density at radius 2 is 1.87 bits per heavy atom. The summed E-state index contributed by atoms with van der Waals surface area (Å²) >= 11 is 0. The number of benzene rings is 1. The first-order valence-corrected chi connectivity index (χ1v) is 5.41. The summed E-state index contributed by atoms with van der Waals surface area (Å²) < 4.78 is 10.9. The molecule has 0 aromatic heterocycles. The predicted molar refractivity (Wildman–Crippen MR) is 60.6 cm³/mol. The van der Waals surface area contributed by atoms with Crippen LogP contribution in [0.5, 0.6) is 5.75 Å². The van der Waals surface area contributed by atoms with Crippen LogP contribution in [0, 0.1) is 27.7 Å². The van der Waals surface area contributed by atoms with E-state index in [1.165, 1.54) is 22.3 Å². The van der Waals surface area contributed by atoms with E-state index in [1.807, 2.05) is 0 Å². The van der Waals surface area contributed by atoms with Gasteiger partial charge in [-0.3, -0.25) is 0 Å². The summed E-state index contributed by atoms with van der Waals surface area (Å²) in [5.41, 5.74) is 5.14. The van der Waals surface area contributed by atoms with Gasteiger partial charge < -0.3 is 9.47 Å². The number of hydrogen-bond donors (Lipinski definition) is 0. The second-order valence-corrected chi connectivity index (χ2v) is 4.36. The van der Waals surface area contributed by atoms with Gasteiger partial charge in [-0.2, -0.15) is 0 Å². The molecule has 1 atom stereocenters. The van der Waals surface area contributed by atoms with E-state index in [4.69, 9.17) is 9.47 Å². The minimum absolute atomic E-state index is 0.324. The second-order valence-electron chi connectivity index (χ2n) is 4.36. The molecule has 1 aromatic rings. The summed E-state index contributed by atoms with van der Waals surface area (Å²) in [5.74, 6) is 1.04. The van der Waals surface area contributed by atoms with E-state index < -0.39 is 0 Å². The maximum Gasteiger partial charge on any atom is 0.125 e. The zero-order chi connectivity index (χ0) is 11.0. The smallest absolute Gasteiger partial charge is 0.125 e. The largest absolute Gasteiger partial charge is 0.490 e. The Bertz CT molecular complexity index is 379. The SMILES string of the molecule is Cc1cc(C)c(OCC2CO2)c(C)c1C. The van der Waals surface area contributed by atoms with Gasteiger partial charge in [0.25, 0.3) is 0 Å². The van der Waals surface area contributed by atoms with Gasteiger partial charge in [-0.25, -0.2) is 0 Å². The lowest BCUT2D eigenvalue weighted by Gasteiger charge is -2.15. The highest BCUT2D eigenvalue weighted by Crippen LogP contribution is 2.29. The van der Waals surface area contributed by atoms with Crippen LogP contribution in [-0.4, -0.2) is 19.3 Å². The van der Waals surface area contributed by atoms with Crippen molar-refractivity contribution in [3.8, 4) is 5.75 Å². The Hall–Kier alpha value is -1.02. The monoisotopic (exact) mass is 206 g/mol. The lowest BCUT2D eigenvalue weighted by Crippen LogP contribution is -2.07. The first-order valence-electron chi connectivity index (χ1n) is 5.41. The maximum atomic E-state index is 5.80. The van der Waals surface area contributed by atoms with Crippen molar-refractivity contribution in [3.63, 3.8) is 0 Å². The van der Waals surface area contributed by atoms with Gasteiger partial charge in [0.15, 0.2) is 0 Å². The van der Waals surface area contributed by atoms with E-state index in [0.717, 1.165) is 12.4 Å². The Balaban J connectivity index is 2.23. The van der Waals surface area contributed by atoms with Crippen molar-refractivity contribution in [1.82, 2.24) is 0 Å². The molecule has 0 amide bonds. The average molecular weight is 206 g/mol. The molecule has 82 valence electrons. The predicted octanol–water partition coefficient (Wildman–Crippen LogP) is 2.70. The van der Waals surface area contributed by atoms with Crippen molar-refractivity contribution in [1.29, 1.82) is 0 Å². The Morgan fingerprint density at radius 3 is 2.47 bits per heavy atom. The highest BCUT2D eigenvalue weighted by molar-refractivity contribution is 5.48. The summed E-state index contributed by atoms with van der Waals surface area (Å²) in [6.45, 7) is 10.0. The van der Waals surface area contributed by atoms with E-state index in [2.05, 4.69) is 33.8 Å². The van der Waals surface area contributed by atoms with E-state index in [0.29, 0.717) is 12.7 Å². The Labute approximate surface area is 91.2 Å². The standard InChI is InChI=1S/C13H18O2/c1-8-5-9(2)13(11(4)10(8)3)15-7-12-6-14-12/h5,12H,6-7H2,1-4H3. The molecule has 1 heterocycles. The van der Waals surface area contributed by atoms with Gasteiger partial charge in [-0.05, 0) is 49.9 Å². The van der Waals surface area contributed by atoms with Crippen LogP contribution in [0.4, 0.5) is 0 Å². The van der Waals surface area contributed by atoms with E-state index in [-0.39, 0.29) is 0 Å². The summed E-state index contributed by atoms with van der Waals surface area (Å²) in [7, 11) is 0. The van der Waals surface area contributed by atoms with Crippen molar-refractivity contribution >= 4 is 0 Å². The molecule has 0 bridgehead atoms. The molecule has 2 nitrogen and oxygen atoms in total. The molecule has 1 saturated heterocycles. The fourth-order valence-corrected chi connectivity index (χ4v) is 1.82. The van der Waals surface area contributed by atoms with E-state index >= 15 is 0 Å². The summed E-state index contributed by atoms with van der Waals surface area (Å²) in [5, 5.41) is 0. The molecular formula is C13H18O2. The quantitative estimate of drug-likeness (QED) is 0.709. The molecule has 0 radical (unpaired) electrons. The normalized spacial score (nSPS) is 19.1. The number of rotatable bonds is 3. The molecule has 1 unspecified atom stereocenters. The molecule has 1 fully saturated rings. The minimum Gasteiger partial charge on any atom is -0.490 e. The Kier molecular flexibility index (Phi) is 2.70. The van der Waals surface area contributed by atoms with Crippen molar-refractivity contribution in [2.75, 3.05) is 13.2 Å². The molecule has 2 rings (SSSR count). The second kappa shape index (κ2) is 3.86. The molecule has 1 aromatic carbocycles. The maximum absolute atomic E-state index is 5.80. The van der Waals surface area contributed by atoms with Crippen LogP contribution in [0.25, 0.3) is 0 Å². The van der Waals surface area contributed by atoms with Gasteiger partial charge >= 0.3 is 0 Å². The third kappa shape index (κ3) is 2.15. The van der Waals surface area contributed by atoms with Crippen molar-refractivity contribution in [3.05, 3.63) is 28.3 Å². The van der Waals surface area contributed by atoms with Crippen LogP contribution >= 0.6 is 0 Å².